The van der Waals surface area contributed by atoms with Gasteiger partial charge in [0.25, 0.3) is 0 Å². The predicted molar refractivity (Wildman–Crippen MR) is 91.8 cm³/mol. The summed E-state index contributed by atoms with van der Waals surface area (Å²) in [6, 6.07) is 3.90. The van der Waals surface area contributed by atoms with Crippen molar-refractivity contribution in [3.05, 3.63) is 30.1 Å². The molecule has 0 bridgehead atoms. The molecule has 1 aromatic carbocycles. The Kier molecular flexibility index (Phi) is 5.71. The maximum Gasteiger partial charge on any atom is 0.324 e. The first-order valence-electron chi connectivity index (χ1n) is 7.61. The lowest BCUT2D eigenvalue weighted by atomic mass is 10.1. The van der Waals surface area contributed by atoms with E-state index in [0.717, 1.165) is 10.4 Å². The average molecular weight is 422 g/mol. The van der Waals surface area contributed by atoms with Crippen LogP contribution in [0.15, 0.2) is 29.2 Å². The fraction of sp³-hybridized carbons (Fsp3) is 0.562. The topological polar surface area (TPSA) is 63.7 Å². The van der Waals surface area contributed by atoms with Crippen molar-refractivity contribution >= 4 is 31.9 Å². The summed E-state index contributed by atoms with van der Waals surface area (Å²) in [5.41, 5.74) is -0.710. The Bertz CT molecular complexity index is 717. The van der Waals surface area contributed by atoms with Crippen molar-refractivity contribution in [2.75, 3.05) is 11.9 Å². The highest BCUT2D eigenvalue weighted by Gasteiger charge is 2.45. The summed E-state index contributed by atoms with van der Waals surface area (Å²) in [7, 11) is -3.98. The van der Waals surface area contributed by atoms with Crippen molar-refractivity contribution in [2.24, 2.45) is 5.92 Å². The first-order chi connectivity index (χ1) is 11.0. The van der Waals surface area contributed by atoms with Gasteiger partial charge in [-0.15, -0.1) is 0 Å². The number of carbonyl (C=O) groups is 1. The predicted octanol–water partition coefficient (Wildman–Crippen LogP) is 2.94. The molecule has 1 heterocycles. The summed E-state index contributed by atoms with van der Waals surface area (Å²) < 4.78 is 45.6. The van der Waals surface area contributed by atoms with Crippen LogP contribution in [0.1, 0.15) is 27.2 Å². The Morgan fingerprint density at radius 2 is 2.08 bits per heavy atom. The van der Waals surface area contributed by atoms with Crippen LogP contribution in [0.5, 0.6) is 0 Å². The molecule has 0 spiro atoms. The van der Waals surface area contributed by atoms with Gasteiger partial charge in [-0.25, -0.2) is 12.8 Å². The zero-order valence-electron chi connectivity index (χ0n) is 13.8. The van der Waals surface area contributed by atoms with Gasteiger partial charge < -0.3 is 4.74 Å². The molecule has 0 aliphatic carbocycles. The molecule has 0 saturated carbocycles. The number of benzene rings is 1. The van der Waals surface area contributed by atoms with Gasteiger partial charge in [0.2, 0.25) is 10.0 Å². The minimum absolute atomic E-state index is 0.00847. The van der Waals surface area contributed by atoms with Crippen molar-refractivity contribution in [3.63, 3.8) is 0 Å². The minimum Gasteiger partial charge on any atom is -0.459 e. The van der Waals surface area contributed by atoms with E-state index in [-0.39, 0.29) is 17.4 Å². The van der Waals surface area contributed by atoms with Gasteiger partial charge in [0.05, 0.1) is 4.90 Å². The zero-order valence-corrected chi connectivity index (χ0v) is 16.2. The van der Waals surface area contributed by atoms with Gasteiger partial charge in [-0.05, 0) is 51.3 Å². The normalized spacial score (nSPS) is 22.5. The molecule has 0 radical (unpaired) electrons. The molecule has 0 N–H and O–H groups in total. The molecule has 5 nitrogen and oxygen atoms in total. The summed E-state index contributed by atoms with van der Waals surface area (Å²) in [5.74, 6) is -1.22. The standard InChI is InChI=1S/C16H21BrFNO4S/c1-16(2,3)23-15(20)14-7-11(9-17)10-19(14)24(21,22)13-6-4-5-12(18)8-13/h4-6,8,11,14H,7,9-10H2,1-3H3. The van der Waals surface area contributed by atoms with E-state index in [0.29, 0.717) is 11.8 Å². The van der Waals surface area contributed by atoms with Crippen molar-refractivity contribution in [1.29, 1.82) is 0 Å². The Labute approximate surface area is 150 Å². The number of hydrogen-bond acceptors (Lipinski definition) is 4. The monoisotopic (exact) mass is 421 g/mol. The Balaban J connectivity index is 2.35. The summed E-state index contributed by atoms with van der Waals surface area (Å²) in [6.45, 7) is 5.38. The van der Waals surface area contributed by atoms with E-state index in [2.05, 4.69) is 15.9 Å². The fourth-order valence-electron chi connectivity index (χ4n) is 2.61. The van der Waals surface area contributed by atoms with Crippen molar-refractivity contribution < 1.29 is 22.3 Å². The molecule has 1 fully saturated rings. The van der Waals surface area contributed by atoms with Crippen LogP contribution in [0.2, 0.25) is 0 Å². The van der Waals surface area contributed by atoms with Gasteiger partial charge in [0, 0.05) is 11.9 Å². The minimum atomic E-state index is -3.98. The third-order valence-corrected chi connectivity index (χ3v) is 6.43. The lowest BCUT2D eigenvalue weighted by Gasteiger charge is -2.26. The van der Waals surface area contributed by atoms with Crippen LogP contribution in [-0.2, 0) is 19.6 Å². The third-order valence-electron chi connectivity index (χ3n) is 3.64. The van der Waals surface area contributed by atoms with Gasteiger partial charge in [0.15, 0.2) is 0 Å². The van der Waals surface area contributed by atoms with Crippen LogP contribution in [0, 0.1) is 11.7 Å². The molecule has 1 saturated heterocycles. The molecular formula is C16H21BrFNO4S. The van der Waals surface area contributed by atoms with Gasteiger partial charge in [-0.2, -0.15) is 4.31 Å². The Morgan fingerprint density at radius 1 is 1.42 bits per heavy atom. The van der Waals surface area contributed by atoms with Crippen LogP contribution < -0.4 is 0 Å². The summed E-state index contributed by atoms with van der Waals surface area (Å²) in [4.78, 5) is 12.3. The molecule has 24 heavy (non-hydrogen) atoms. The number of esters is 1. The van der Waals surface area contributed by atoms with E-state index in [1.54, 1.807) is 20.8 Å². The summed E-state index contributed by atoms with van der Waals surface area (Å²) in [6.07, 6.45) is 0.370. The van der Waals surface area contributed by atoms with E-state index >= 15 is 0 Å². The first-order valence-corrected chi connectivity index (χ1v) is 10.2. The smallest absolute Gasteiger partial charge is 0.324 e. The van der Waals surface area contributed by atoms with E-state index in [1.807, 2.05) is 0 Å². The van der Waals surface area contributed by atoms with Crippen molar-refractivity contribution in [1.82, 2.24) is 4.31 Å². The van der Waals surface area contributed by atoms with Crippen LogP contribution in [0.25, 0.3) is 0 Å². The summed E-state index contributed by atoms with van der Waals surface area (Å²) in [5, 5.41) is 0.571. The van der Waals surface area contributed by atoms with Gasteiger partial charge in [-0.3, -0.25) is 4.79 Å². The average Bonchev–Trinajstić information content (AvgIpc) is 2.90. The molecule has 1 aliphatic rings. The number of hydrogen-bond donors (Lipinski definition) is 0. The molecule has 1 aliphatic heterocycles. The van der Waals surface area contributed by atoms with Gasteiger partial charge in [0.1, 0.15) is 17.5 Å². The molecule has 8 heteroatoms. The maximum absolute atomic E-state index is 13.4. The Hall–Kier alpha value is -0.990. The van der Waals surface area contributed by atoms with E-state index < -0.39 is 33.5 Å². The second kappa shape index (κ2) is 7.09. The molecule has 0 amide bonds. The third kappa shape index (κ3) is 4.34. The Morgan fingerprint density at radius 3 is 2.62 bits per heavy atom. The maximum atomic E-state index is 13.4. The highest BCUT2D eigenvalue weighted by molar-refractivity contribution is 9.09. The molecule has 2 unspecified atom stereocenters. The van der Waals surface area contributed by atoms with E-state index in [1.165, 1.54) is 18.2 Å². The molecule has 134 valence electrons. The zero-order chi connectivity index (χ0) is 18.1. The largest absolute Gasteiger partial charge is 0.459 e. The highest BCUT2D eigenvalue weighted by atomic mass is 79.9. The quantitative estimate of drug-likeness (QED) is 0.553. The highest BCUT2D eigenvalue weighted by Crippen LogP contribution is 2.32. The SMILES string of the molecule is CC(C)(C)OC(=O)C1CC(CBr)CN1S(=O)(=O)c1cccc(F)c1. The number of alkyl halides is 1. The molecule has 0 aromatic heterocycles. The van der Waals surface area contributed by atoms with Crippen LogP contribution in [0.4, 0.5) is 4.39 Å². The molecule has 2 atom stereocenters. The number of ether oxygens (including phenoxy) is 1. The lowest BCUT2D eigenvalue weighted by Crippen LogP contribution is -2.43. The van der Waals surface area contributed by atoms with Gasteiger partial charge in [-0.1, -0.05) is 22.0 Å². The number of nitrogens with zero attached hydrogens (tertiary/aromatic N) is 1. The van der Waals surface area contributed by atoms with E-state index in [4.69, 9.17) is 4.74 Å². The summed E-state index contributed by atoms with van der Waals surface area (Å²) >= 11 is 3.34. The molecule has 2 rings (SSSR count). The number of sulfonamides is 1. The fourth-order valence-corrected chi connectivity index (χ4v) is 4.78. The second-order valence-corrected chi connectivity index (χ2v) is 9.38. The number of halogens is 2. The first kappa shape index (κ1) is 19.3. The van der Waals surface area contributed by atoms with E-state index in [9.17, 15) is 17.6 Å². The lowest BCUT2D eigenvalue weighted by molar-refractivity contribution is -0.158. The van der Waals surface area contributed by atoms with Crippen LogP contribution in [-0.4, -0.2) is 42.2 Å². The van der Waals surface area contributed by atoms with Gasteiger partial charge >= 0.3 is 5.97 Å². The molecular weight excluding hydrogens is 401 g/mol. The number of rotatable bonds is 4. The van der Waals surface area contributed by atoms with Crippen molar-refractivity contribution in [2.45, 2.75) is 43.7 Å². The number of carbonyl (C=O) groups excluding carboxylic acids is 1. The van der Waals surface area contributed by atoms with Crippen LogP contribution >= 0.6 is 15.9 Å². The molecule has 1 aromatic rings. The van der Waals surface area contributed by atoms with Crippen LogP contribution in [0.3, 0.4) is 0 Å². The van der Waals surface area contributed by atoms with Crippen molar-refractivity contribution in [3.8, 4) is 0 Å². The second-order valence-electron chi connectivity index (χ2n) is 6.84.